The molecule has 6 heterocycles. The highest BCUT2D eigenvalue weighted by atomic mass is 35.5. The van der Waals surface area contributed by atoms with Crippen molar-refractivity contribution in [3.8, 4) is 23.1 Å². The summed E-state index contributed by atoms with van der Waals surface area (Å²) in [6.45, 7) is 5.56. The van der Waals surface area contributed by atoms with Gasteiger partial charge >= 0.3 is 12.2 Å². The molecule has 1 aromatic carbocycles. The molecule has 4 aliphatic heterocycles. The lowest BCUT2D eigenvalue weighted by molar-refractivity contribution is -0.139. The van der Waals surface area contributed by atoms with Crippen molar-refractivity contribution in [3.05, 3.63) is 28.0 Å². The number of benzene rings is 1. The third-order valence-electron chi connectivity index (χ3n) is 9.84. The first-order valence-electron chi connectivity index (χ1n) is 15.4. The van der Waals surface area contributed by atoms with Crippen LogP contribution in [0.3, 0.4) is 0 Å². The number of ether oxygens (including phenoxy) is 2. The molecule has 0 saturated carbocycles. The van der Waals surface area contributed by atoms with Gasteiger partial charge in [0.25, 0.3) is 0 Å². The molecule has 0 radical (unpaired) electrons. The molecule has 0 spiro atoms. The fourth-order valence-electron chi connectivity index (χ4n) is 7.76. The average Bonchev–Trinajstić information content (AvgIpc) is 3.52. The molecular formula is C30H31ClF7N7O2. The lowest BCUT2D eigenvalue weighted by Gasteiger charge is -2.43. The van der Waals surface area contributed by atoms with Gasteiger partial charge in [-0.15, -0.1) is 0 Å². The normalized spacial score (nSPS) is 27.5. The number of pyridine rings is 1. The van der Waals surface area contributed by atoms with E-state index in [9.17, 15) is 26.3 Å². The van der Waals surface area contributed by atoms with Crippen molar-refractivity contribution in [2.75, 3.05) is 43.4 Å². The van der Waals surface area contributed by atoms with Crippen LogP contribution in [0.4, 0.5) is 42.2 Å². The van der Waals surface area contributed by atoms with Gasteiger partial charge < -0.3 is 25.4 Å². The number of nitrogens with two attached hydrogens (primary N) is 1. The highest BCUT2D eigenvalue weighted by molar-refractivity contribution is 6.36. The van der Waals surface area contributed by atoms with Crippen molar-refractivity contribution in [1.82, 2.24) is 25.2 Å². The van der Waals surface area contributed by atoms with Crippen LogP contribution in [0, 0.1) is 17.5 Å². The van der Waals surface area contributed by atoms with Crippen LogP contribution >= 0.6 is 11.6 Å². The van der Waals surface area contributed by atoms with Crippen LogP contribution in [0.5, 0.6) is 11.9 Å². The van der Waals surface area contributed by atoms with Gasteiger partial charge in [-0.1, -0.05) is 18.5 Å². The number of hydrogen-bond acceptors (Lipinski definition) is 9. The van der Waals surface area contributed by atoms with Gasteiger partial charge in [0.05, 0.1) is 22.3 Å². The summed E-state index contributed by atoms with van der Waals surface area (Å²) in [6.07, 6.45) is -4.84. The zero-order valence-corrected chi connectivity index (χ0v) is 26.1. The second-order valence-electron chi connectivity index (χ2n) is 12.6. The standard InChI is InChI=1S/C30H31ClF7N7O2/c1-3-14-25-12(2)47-27-16-24(21(35)23(41-27)15-17(30(36,37)38)19(33)20(34)22(39)18(15)31)42-28(43-26(16)45(25)8-6-40-14)46-11-29-5-4-7-44(29)10-13(32)9-29/h12-14,25,40H,3-11,39H2,1-2H3/t12?,13-,14+,25?,29+/m1/s1. The number of piperazine rings is 1. The Balaban J connectivity index is 1.46. The number of hydrogen-bond donors (Lipinski definition) is 2. The summed E-state index contributed by atoms with van der Waals surface area (Å²) in [5.74, 6) is -5.99. The zero-order valence-electron chi connectivity index (χ0n) is 25.3. The molecule has 0 aliphatic carbocycles. The molecule has 17 heteroatoms. The molecule has 3 saturated heterocycles. The number of rotatable bonds is 5. The van der Waals surface area contributed by atoms with E-state index in [1.807, 2.05) is 16.7 Å². The maximum Gasteiger partial charge on any atom is 0.420 e. The van der Waals surface area contributed by atoms with E-state index in [1.165, 1.54) is 0 Å². The molecule has 5 atom stereocenters. The fourth-order valence-corrected chi connectivity index (χ4v) is 8.02. The molecule has 9 nitrogen and oxygen atoms in total. The molecule has 4 aliphatic rings. The SMILES string of the molecule is CC[C@@H]1NCCN2c3nc(OC[C@@]45CCCN4C[C@H](F)C5)nc4c(F)c(-c5c(Cl)c(N)c(F)c(F)c5C(F)(F)F)nc(c34)OC(C)C12. The van der Waals surface area contributed by atoms with E-state index in [4.69, 9.17) is 26.8 Å². The molecule has 47 heavy (non-hydrogen) atoms. The molecule has 0 amide bonds. The minimum Gasteiger partial charge on any atom is -0.472 e. The van der Waals surface area contributed by atoms with Gasteiger partial charge in [-0.25, -0.2) is 22.5 Å². The summed E-state index contributed by atoms with van der Waals surface area (Å²) >= 11 is 6.11. The molecule has 3 N–H and O–H groups in total. The van der Waals surface area contributed by atoms with Gasteiger partial charge in [0.15, 0.2) is 17.5 Å². The Morgan fingerprint density at radius 2 is 1.89 bits per heavy atom. The number of aromatic nitrogens is 3. The van der Waals surface area contributed by atoms with Gasteiger partial charge in [0.1, 0.15) is 46.9 Å². The minimum atomic E-state index is -5.53. The lowest BCUT2D eigenvalue weighted by Crippen LogP contribution is -2.62. The van der Waals surface area contributed by atoms with E-state index in [-0.39, 0.29) is 54.8 Å². The molecule has 254 valence electrons. The Hall–Kier alpha value is -3.37. The van der Waals surface area contributed by atoms with Crippen LogP contribution in [0.1, 0.15) is 45.1 Å². The van der Waals surface area contributed by atoms with Gasteiger partial charge in [-0.3, -0.25) is 4.90 Å². The molecular weight excluding hydrogens is 659 g/mol. The predicted molar refractivity (Wildman–Crippen MR) is 159 cm³/mol. The topological polar surface area (TPSA) is 102 Å². The third-order valence-corrected chi connectivity index (χ3v) is 10.2. The van der Waals surface area contributed by atoms with Crippen molar-refractivity contribution in [3.63, 3.8) is 0 Å². The van der Waals surface area contributed by atoms with E-state index in [0.29, 0.717) is 32.5 Å². The highest BCUT2D eigenvalue weighted by Gasteiger charge is 2.50. The van der Waals surface area contributed by atoms with Gasteiger partial charge in [0, 0.05) is 37.7 Å². The number of nitrogens with zero attached hydrogens (tertiary/aromatic N) is 5. The summed E-state index contributed by atoms with van der Waals surface area (Å²) < 4.78 is 116. The van der Waals surface area contributed by atoms with Crippen molar-refractivity contribution in [1.29, 1.82) is 0 Å². The van der Waals surface area contributed by atoms with Gasteiger partial charge in [0.2, 0.25) is 5.88 Å². The van der Waals surface area contributed by atoms with E-state index in [0.717, 1.165) is 6.42 Å². The van der Waals surface area contributed by atoms with E-state index < -0.39 is 74.5 Å². The number of nitrogen functional groups attached to an aromatic ring is 1. The largest absolute Gasteiger partial charge is 0.472 e. The summed E-state index contributed by atoms with van der Waals surface area (Å²) in [5, 5.41) is 2.29. The Morgan fingerprint density at radius 1 is 1.13 bits per heavy atom. The molecule has 7 rings (SSSR count). The molecule has 0 bridgehead atoms. The summed E-state index contributed by atoms with van der Waals surface area (Å²) in [5.41, 5.74) is -1.34. The van der Waals surface area contributed by atoms with Crippen molar-refractivity contribution in [2.24, 2.45) is 0 Å². The second-order valence-corrected chi connectivity index (χ2v) is 13.0. The lowest BCUT2D eigenvalue weighted by atomic mass is 9.95. The Kier molecular flexibility index (Phi) is 7.78. The molecule has 3 aromatic rings. The number of alkyl halides is 4. The van der Waals surface area contributed by atoms with Gasteiger partial charge in [-0.05, 0) is 32.7 Å². The Morgan fingerprint density at radius 3 is 2.62 bits per heavy atom. The second kappa shape index (κ2) is 11.4. The van der Waals surface area contributed by atoms with Crippen LogP contribution in [-0.2, 0) is 6.18 Å². The molecule has 2 unspecified atom stereocenters. The maximum absolute atomic E-state index is 16.7. The van der Waals surface area contributed by atoms with Crippen LogP contribution in [0.25, 0.3) is 22.2 Å². The van der Waals surface area contributed by atoms with Crippen LogP contribution in [0.15, 0.2) is 0 Å². The van der Waals surface area contributed by atoms with E-state index in [2.05, 4.69) is 20.3 Å². The molecule has 2 aromatic heterocycles. The van der Waals surface area contributed by atoms with Crippen LogP contribution in [0.2, 0.25) is 5.02 Å². The highest BCUT2D eigenvalue weighted by Crippen LogP contribution is 2.49. The fraction of sp³-hybridized carbons (Fsp3) is 0.567. The third kappa shape index (κ3) is 5.00. The van der Waals surface area contributed by atoms with Crippen LogP contribution < -0.4 is 25.4 Å². The van der Waals surface area contributed by atoms with Gasteiger partial charge in [-0.2, -0.15) is 23.1 Å². The maximum atomic E-state index is 16.7. The first-order chi connectivity index (χ1) is 22.3. The first-order valence-corrected chi connectivity index (χ1v) is 15.8. The first kappa shape index (κ1) is 32.2. The number of fused-ring (bicyclic) bond motifs is 3. The average molecular weight is 690 g/mol. The summed E-state index contributed by atoms with van der Waals surface area (Å²) in [6, 6.07) is -0.820. The van der Waals surface area contributed by atoms with E-state index >= 15 is 4.39 Å². The van der Waals surface area contributed by atoms with Crippen LogP contribution in [-0.4, -0.2) is 82.5 Å². The minimum absolute atomic E-state index is 0.00991. The smallest absolute Gasteiger partial charge is 0.420 e. The number of halogens is 8. The number of anilines is 2. The number of nitrogens with one attached hydrogen (secondary N) is 1. The molecule has 3 fully saturated rings. The predicted octanol–water partition coefficient (Wildman–Crippen LogP) is 5.66. The zero-order chi connectivity index (χ0) is 33.6. The van der Waals surface area contributed by atoms with E-state index in [1.54, 1.807) is 6.92 Å². The Bertz CT molecular complexity index is 1760. The Labute approximate surface area is 269 Å². The summed E-state index contributed by atoms with van der Waals surface area (Å²) in [4.78, 5) is 17.0. The van der Waals surface area contributed by atoms with Crippen molar-refractivity contribution in [2.45, 2.75) is 75.6 Å². The van der Waals surface area contributed by atoms with Crippen molar-refractivity contribution >= 4 is 34.0 Å². The summed E-state index contributed by atoms with van der Waals surface area (Å²) in [7, 11) is 0. The monoisotopic (exact) mass is 689 g/mol. The van der Waals surface area contributed by atoms with Crippen molar-refractivity contribution < 1.29 is 40.2 Å². The quantitative estimate of drug-likeness (QED) is 0.200.